The van der Waals surface area contributed by atoms with Gasteiger partial charge < -0.3 is 5.11 Å². The molecule has 4 unspecified atom stereocenters. The van der Waals surface area contributed by atoms with Crippen LogP contribution in [0.5, 0.6) is 0 Å². The molecule has 0 saturated heterocycles. The Bertz CT molecular complexity index is 195. The number of hydrogen-bond acceptors (Lipinski definition) is 2. The molecule has 16 heavy (non-hydrogen) atoms. The minimum absolute atomic E-state index is 0.255. The monoisotopic (exact) mass is 227 g/mol. The van der Waals surface area contributed by atoms with Crippen LogP contribution in [0, 0.1) is 11.8 Å². The largest absolute Gasteiger partial charge is 0.378 e. The number of aliphatic hydroxyl groups excluding tert-OH is 1. The van der Waals surface area contributed by atoms with Gasteiger partial charge in [-0.25, -0.2) is 0 Å². The lowest BCUT2D eigenvalue weighted by Gasteiger charge is -2.42. The first-order chi connectivity index (χ1) is 7.61. The van der Waals surface area contributed by atoms with E-state index in [-0.39, 0.29) is 6.23 Å². The minimum atomic E-state index is -0.255. The average molecular weight is 227 g/mol. The highest BCUT2D eigenvalue weighted by molar-refractivity contribution is 4.85. The molecule has 0 spiro atoms. The van der Waals surface area contributed by atoms with Crippen molar-refractivity contribution in [2.45, 2.75) is 71.6 Å². The van der Waals surface area contributed by atoms with E-state index in [4.69, 9.17) is 0 Å². The van der Waals surface area contributed by atoms with Crippen molar-refractivity contribution in [3.63, 3.8) is 0 Å². The summed E-state index contributed by atoms with van der Waals surface area (Å²) >= 11 is 0. The maximum Gasteiger partial charge on any atom is 0.107 e. The smallest absolute Gasteiger partial charge is 0.107 e. The first-order valence-corrected chi connectivity index (χ1v) is 7.01. The summed E-state index contributed by atoms with van der Waals surface area (Å²) in [4.78, 5) is 2.22. The van der Waals surface area contributed by atoms with Crippen LogP contribution in [0.3, 0.4) is 0 Å². The standard InChI is InChI=1S/C14H29NO/c1-5-11(3)12-9-7-8-10-13(12)15(4)14(16)6-2/h11-14,16H,5-10H2,1-4H3. The van der Waals surface area contributed by atoms with E-state index in [9.17, 15) is 5.11 Å². The summed E-state index contributed by atoms with van der Waals surface area (Å²) < 4.78 is 0. The summed E-state index contributed by atoms with van der Waals surface area (Å²) in [5, 5.41) is 9.98. The van der Waals surface area contributed by atoms with Crippen LogP contribution < -0.4 is 0 Å². The first kappa shape index (κ1) is 14.0. The highest BCUT2D eigenvalue weighted by Gasteiger charge is 2.33. The van der Waals surface area contributed by atoms with Crippen LogP contribution in [0.1, 0.15) is 59.3 Å². The normalized spacial score (nSPS) is 30.4. The molecule has 4 atom stereocenters. The molecule has 1 fully saturated rings. The Balaban J connectivity index is 2.65. The topological polar surface area (TPSA) is 23.5 Å². The van der Waals surface area contributed by atoms with E-state index in [2.05, 4.69) is 32.7 Å². The molecule has 0 amide bonds. The summed E-state index contributed by atoms with van der Waals surface area (Å²) in [6.45, 7) is 6.71. The van der Waals surface area contributed by atoms with E-state index in [0.717, 1.165) is 18.3 Å². The maximum absolute atomic E-state index is 9.98. The third kappa shape index (κ3) is 3.21. The van der Waals surface area contributed by atoms with Crippen molar-refractivity contribution in [1.29, 1.82) is 0 Å². The van der Waals surface area contributed by atoms with Gasteiger partial charge in [0.1, 0.15) is 6.23 Å². The fraction of sp³-hybridized carbons (Fsp3) is 1.00. The Hall–Kier alpha value is -0.0800. The van der Waals surface area contributed by atoms with Crippen LogP contribution in [0.15, 0.2) is 0 Å². The van der Waals surface area contributed by atoms with Gasteiger partial charge in [0.2, 0.25) is 0 Å². The molecule has 0 aromatic heterocycles. The fourth-order valence-electron chi connectivity index (χ4n) is 3.12. The molecule has 1 saturated carbocycles. The van der Waals surface area contributed by atoms with Crippen molar-refractivity contribution in [1.82, 2.24) is 4.90 Å². The molecular weight excluding hydrogens is 198 g/mol. The number of rotatable bonds is 5. The lowest BCUT2D eigenvalue weighted by Crippen LogP contribution is -2.47. The quantitative estimate of drug-likeness (QED) is 0.729. The second-order valence-electron chi connectivity index (χ2n) is 5.46. The number of nitrogens with zero attached hydrogens (tertiary/aromatic N) is 1. The van der Waals surface area contributed by atoms with Crippen molar-refractivity contribution in [2.24, 2.45) is 11.8 Å². The molecule has 0 aliphatic heterocycles. The van der Waals surface area contributed by atoms with Crippen molar-refractivity contribution in [3.05, 3.63) is 0 Å². The Morgan fingerprint density at radius 3 is 2.38 bits per heavy atom. The summed E-state index contributed by atoms with van der Waals surface area (Å²) in [6, 6.07) is 0.596. The van der Waals surface area contributed by atoms with Crippen LogP contribution >= 0.6 is 0 Å². The lowest BCUT2D eigenvalue weighted by molar-refractivity contribution is -0.0437. The van der Waals surface area contributed by atoms with Crippen molar-refractivity contribution < 1.29 is 5.11 Å². The molecule has 0 bridgehead atoms. The SMILES string of the molecule is CCC(C)C1CCCCC1N(C)C(O)CC. The van der Waals surface area contributed by atoms with Gasteiger partial charge in [0.15, 0.2) is 0 Å². The summed E-state index contributed by atoms with van der Waals surface area (Å²) in [6.07, 6.45) is 7.16. The molecule has 1 aliphatic carbocycles. The molecule has 0 aromatic rings. The second kappa shape index (κ2) is 6.61. The highest BCUT2D eigenvalue weighted by atomic mass is 16.3. The third-order valence-corrected chi connectivity index (χ3v) is 4.51. The van der Waals surface area contributed by atoms with E-state index >= 15 is 0 Å². The minimum Gasteiger partial charge on any atom is -0.378 e. The Kier molecular flexibility index (Phi) is 5.77. The van der Waals surface area contributed by atoms with Crippen molar-refractivity contribution in [3.8, 4) is 0 Å². The van der Waals surface area contributed by atoms with E-state index in [1.165, 1.54) is 32.1 Å². The fourth-order valence-corrected chi connectivity index (χ4v) is 3.12. The van der Waals surface area contributed by atoms with Gasteiger partial charge in [-0.05, 0) is 38.1 Å². The van der Waals surface area contributed by atoms with Gasteiger partial charge in [-0.15, -0.1) is 0 Å². The molecule has 0 radical (unpaired) electrons. The molecule has 1 aliphatic rings. The van der Waals surface area contributed by atoms with Crippen LogP contribution in [0.4, 0.5) is 0 Å². The van der Waals surface area contributed by atoms with Gasteiger partial charge in [-0.1, -0.05) is 40.0 Å². The maximum atomic E-state index is 9.98. The van der Waals surface area contributed by atoms with Gasteiger partial charge in [0, 0.05) is 6.04 Å². The van der Waals surface area contributed by atoms with Crippen LogP contribution in [0.25, 0.3) is 0 Å². The molecular formula is C14H29NO. The Morgan fingerprint density at radius 1 is 1.19 bits per heavy atom. The number of hydrogen-bond donors (Lipinski definition) is 1. The van der Waals surface area contributed by atoms with Gasteiger partial charge in [0.25, 0.3) is 0 Å². The first-order valence-electron chi connectivity index (χ1n) is 7.01. The van der Waals surface area contributed by atoms with E-state index in [1.54, 1.807) is 0 Å². The lowest BCUT2D eigenvalue weighted by atomic mass is 9.75. The van der Waals surface area contributed by atoms with Gasteiger partial charge in [0.05, 0.1) is 0 Å². The second-order valence-corrected chi connectivity index (χ2v) is 5.46. The van der Waals surface area contributed by atoms with Crippen molar-refractivity contribution >= 4 is 0 Å². The molecule has 1 rings (SSSR count). The average Bonchev–Trinajstić information content (AvgIpc) is 2.35. The predicted octanol–water partition coefficient (Wildman–Crippen LogP) is 3.25. The summed E-state index contributed by atoms with van der Waals surface area (Å²) in [5.41, 5.74) is 0. The van der Waals surface area contributed by atoms with Gasteiger partial charge in [-0.3, -0.25) is 4.90 Å². The molecule has 1 N–H and O–H groups in total. The molecule has 0 aromatic carbocycles. The van der Waals surface area contributed by atoms with E-state index < -0.39 is 0 Å². The Labute approximate surface area is 101 Å². The van der Waals surface area contributed by atoms with Crippen LogP contribution in [0.2, 0.25) is 0 Å². The zero-order valence-corrected chi connectivity index (χ0v) is 11.4. The molecule has 2 heteroatoms. The van der Waals surface area contributed by atoms with E-state index in [1.807, 2.05) is 0 Å². The van der Waals surface area contributed by atoms with Crippen LogP contribution in [-0.4, -0.2) is 29.3 Å². The van der Waals surface area contributed by atoms with E-state index in [0.29, 0.717) is 6.04 Å². The summed E-state index contributed by atoms with van der Waals surface area (Å²) in [7, 11) is 2.10. The van der Waals surface area contributed by atoms with Gasteiger partial charge in [-0.2, -0.15) is 0 Å². The molecule has 2 nitrogen and oxygen atoms in total. The highest BCUT2D eigenvalue weighted by Crippen LogP contribution is 2.35. The zero-order valence-electron chi connectivity index (χ0n) is 11.4. The predicted molar refractivity (Wildman–Crippen MR) is 69.3 cm³/mol. The van der Waals surface area contributed by atoms with Gasteiger partial charge >= 0.3 is 0 Å². The van der Waals surface area contributed by atoms with Crippen molar-refractivity contribution in [2.75, 3.05) is 7.05 Å². The third-order valence-electron chi connectivity index (χ3n) is 4.51. The Morgan fingerprint density at radius 2 is 1.81 bits per heavy atom. The molecule has 96 valence electrons. The van der Waals surface area contributed by atoms with Crippen LogP contribution in [-0.2, 0) is 0 Å². The molecule has 0 heterocycles. The number of aliphatic hydroxyl groups is 1. The summed E-state index contributed by atoms with van der Waals surface area (Å²) in [5.74, 6) is 1.57. The zero-order chi connectivity index (χ0) is 12.1.